The van der Waals surface area contributed by atoms with Crippen LogP contribution in [0.5, 0.6) is 0 Å². The molecule has 1 aromatic rings. The Bertz CT molecular complexity index is 485. The number of carbonyl (C=O) groups is 1. The van der Waals surface area contributed by atoms with Gasteiger partial charge in [-0.2, -0.15) is 0 Å². The van der Waals surface area contributed by atoms with E-state index in [1.165, 1.54) is 0 Å². The first kappa shape index (κ1) is 16.5. The SMILES string of the molecule is C#CP(Nc1ccc(C(=O)OC(C)(C)C)cc1)OCC. The molecule has 0 aliphatic carbocycles. The zero-order valence-electron chi connectivity index (χ0n) is 12.3. The molecule has 4 nitrogen and oxygen atoms in total. The van der Waals surface area contributed by atoms with Crippen molar-refractivity contribution in [1.82, 2.24) is 0 Å². The minimum Gasteiger partial charge on any atom is -0.456 e. The number of ether oxygens (including phenoxy) is 1. The van der Waals surface area contributed by atoms with Crippen LogP contribution in [-0.4, -0.2) is 18.2 Å². The Kier molecular flexibility index (Phi) is 6.01. The summed E-state index contributed by atoms with van der Waals surface area (Å²) in [5.41, 5.74) is 3.38. The monoisotopic (exact) mass is 293 g/mol. The zero-order chi connectivity index (χ0) is 15.2. The van der Waals surface area contributed by atoms with Crippen molar-refractivity contribution in [3.63, 3.8) is 0 Å². The second-order valence-corrected chi connectivity index (χ2v) is 6.36. The van der Waals surface area contributed by atoms with E-state index in [2.05, 4.69) is 10.7 Å². The van der Waals surface area contributed by atoms with Crippen LogP contribution in [0, 0.1) is 12.1 Å². The highest BCUT2D eigenvalue weighted by Crippen LogP contribution is 2.35. The van der Waals surface area contributed by atoms with Crippen LogP contribution in [0.1, 0.15) is 38.1 Å². The van der Waals surface area contributed by atoms with Crippen LogP contribution in [0.3, 0.4) is 0 Å². The molecule has 0 saturated heterocycles. The standard InChI is InChI=1S/C15H20NO3P/c1-6-18-20(7-2)16-13-10-8-12(9-11-13)14(17)19-15(3,4)5/h2,8-11,16H,6H2,1,3-5H3. The molecule has 0 radical (unpaired) electrons. The molecule has 0 spiro atoms. The average Bonchev–Trinajstić information content (AvgIpc) is 2.37. The lowest BCUT2D eigenvalue weighted by Gasteiger charge is -2.19. The van der Waals surface area contributed by atoms with Crippen molar-refractivity contribution in [2.24, 2.45) is 0 Å². The third-order valence-electron chi connectivity index (χ3n) is 2.13. The van der Waals surface area contributed by atoms with E-state index in [4.69, 9.17) is 15.7 Å². The van der Waals surface area contributed by atoms with Crippen molar-refractivity contribution < 1.29 is 14.1 Å². The van der Waals surface area contributed by atoms with E-state index in [1.807, 2.05) is 27.7 Å². The quantitative estimate of drug-likeness (QED) is 0.506. The van der Waals surface area contributed by atoms with E-state index in [1.54, 1.807) is 24.3 Å². The molecule has 0 heterocycles. The van der Waals surface area contributed by atoms with Crippen LogP contribution in [0.25, 0.3) is 0 Å². The molecular weight excluding hydrogens is 273 g/mol. The third-order valence-corrected chi connectivity index (χ3v) is 3.34. The van der Waals surface area contributed by atoms with Crippen molar-refractivity contribution in [2.75, 3.05) is 11.7 Å². The number of esters is 1. The number of nitrogens with one attached hydrogen (secondary N) is 1. The van der Waals surface area contributed by atoms with Gasteiger partial charge in [0, 0.05) is 5.69 Å². The Morgan fingerprint density at radius 3 is 2.40 bits per heavy atom. The van der Waals surface area contributed by atoms with Gasteiger partial charge >= 0.3 is 5.97 Å². The molecule has 1 unspecified atom stereocenters. The van der Waals surface area contributed by atoms with Crippen LogP contribution in [0.2, 0.25) is 0 Å². The van der Waals surface area contributed by atoms with Crippen LogP contribution >= 0.6 is 8.30 Å². The van der Waals surface area contributed by atoms with Crippen molar-refractivity contribution >= 4 is 20.0 Å². The van der Waals surface area contributed by atoms with Gasteiger partial charge in [-0.15, -0.1) is 6.42 Å². The second-order valence-electron chi connectivity index (χ2n) is 5.03. The fourth-order valence-electron chi connectivity index (χ4n) is 1.37. The minimum atomic E-state index is -1.12. The van der Waals surface area contributed by atoms with Crippen molar-refractivity contribution in [3.8, 4) is 12.1 Å². The largest absolute Gasteiger partial charge is 0.456 e. The van der Waals surface area contributed by atoms with Gasteiger partial charge in [-0.05, 0) is 57.6 Å². The molecule has 1 aromatic carbocycles. The van der Waals surface area contributed by atoms with Gasteiger partial charge in [0.25, 0.3) is 0 Å². The molecule has 0 aromatic heterocycles. The molecule has 1 rings (SSSR count). The predicted octanol–water partition coefficient (Wildman–Crippen LogP) is 3.99. The molecule has 0 amide bonds. The van der Waals surface area contributed by atoms with Gasteiger partial charge in [-0.1, -0.05) is 0 Å². The van der Waals surface area contributed by atoms with E-state index < -0.39 is 13.9 Å². The van der Waals surface area contributed by atoms with Crippen LogP contribution in [0.4, 0.5) is 5.69 Å². The van der Waals surface area contributed by atoms with Gasteiger partial charge in [-0.25, -0.2) is 4.79 Å². The van der Waals surface area contributed by atoms with Crippen molar-refractivity contribution in [2.45, 2.75) is 33.3 Å². The number of carbonyl (C=O) groups excluding carboxylic acids is 1. The molecular formula is C15H20NO3P. The highest BCUT2D eigenvalue weighted by atomic mass is 31.2. The summed E-state index contributed by atoms with van der Waals surface area (Å²) < 4.78 is 10.7. The van der Waals surface area contributed by atoms with Crippen molar-refractivity contribution in [3.05, 3.63) is 29.8 Å². The van der Waals surface area contributed by atoms with Gasteiger partial charge in [0.05, 0.1) is 12.2 Å². The van der Waals surface area contributed by atoms with Gasteiger partial charge in [0.2, 0.25) is 8.30 Å². The molecule has 5 heteroatoms. The lowest BCUT2D eigenvalue weighted by Crippen LogP contribution is -2.23. The molecule has 0 aliphatic heterocycles. The highest BCUT2D eigenvalue weighted by molar-refractivity contribution is 7.59. The first-order valence-electron chi connectivity index (χ1n) is 6.35. The first-order valence-corrected chi connectivity index (χ1v) is 7.61. The van der Waals surface area contributed by atoms with E-state index in [0.717, 1.165) is 5.69 Å². The number of hydrogen-bond acceptors (Lipinski definition) is 4. The first-order chi connectivity index (χ1) is 9.35. The fourth-order valence-corrected chi connectivity index (χ4v) is 2.21. The number of terminal acetylenes is 1. The summed E-state index contributed by atoms with van der Waals surface area (Å²) in [6, 6.07) is 6.97. The Morgan fingerprint density at radius 1 is 1.35 bits per heavy atom. The van der Waals surface area contributed by atoms with Crippen LogP contribution in [0.15, 0.2) is 24.3 Å². The summed E-state index contributed by atoms with van der Waals surface area (Å²) in [6.07, 6.45) is 5.37. The van der Waals surface area contributed by atoms with Crippen LogP contribution < -0.4 is 5.09 Å². The van der Waals surface area contributed by atoms with E-state index in [0.29, 0.717) is 12.2 Å². The summed E-state index contributed by atoms with van der Waals surface area (Å²) in [7, 11) is -1.12. The molecule has 0 saturated carbocycles. The molecule has 1 N–H and O–H groups in total. The maximum atomic E-state index is 11.9. The predicted molar refractivity (Wildman–Crippen MR) is 82.6 cm³/mol. The van der Waals surface area contributed by atoms with Crippen molar-refractivity contribution in [1.29, 1.82) is 0 Å². The second kappa shape index (κ2) is 7.28. The fraction of sp³-hybridized carbons (Fsp3) is 0.400. The van der Waals surface area contributed by atoms with Crippen LogP contribution in [-0.2, 0) is 9.26 Å². The normalized spacial score (nSPS) is 12.3. The Labute approximate surface area is 121 Å². The van der Waals surface area contributed by atoms with Gasteiger partial charge in [0.1, 0.15) is 5.60 Å². The van der Waals surface area contributed by atoms with Gasteiger partial charge in [-0.3, -0.25) is 0 Å². The Balaban J connectivity index is 2.69. The van der Waals surface area contributed by atoms with E-state index >= 15 is 0 Å². The number of benzene rings is 1. The smallest absolute Gasteiger partial charge is 0.338 e. The molecule has 20 heavy (non-hydrogen) atoms. The van der Waals surface area contributed by atoms with Gasteiger partial charge < -0.3 is 14.3 Å². The minimum absolute atomic E-state index is 0.340. The highest BCUT2D eigenvalue weighted by Gasteiger charge is 2.17. The summed E-state index contributed by atoms with van der Waals surface area (Å²) in [5, 5.41) is 3.10. The average molecular weight is 293 g/mol. The molecule has 0 fully saturated rings. The summed E-state index contributed by atoms with van der Waals surface area (Å²) >= 11 is 0. The molecule has 0 bridgehead atoms. The summed E-state index contributed by atoms with van der Waals surface area (Å²) in [5.74, 6) is -0.340. The summed E-state index contributed by atoms with van der Waals surface area (Å²) in [6.45, 7) is 7.95. The number of rotatable bonds is 5. The zero-order valence-corrected chi connectivity index (χ0v) is 13.2. The number of anilines is 1. The maximum Gasteiger partial charge on any atom is 0.338 e. The molecule has 0 aliphatic rings. The maximum absolute atomic E-state index is 11.9. The topological polar surface area (TPSA) is 47.6 Å². The number of hydrogen-bond donors (Lipinski definition) is 1. The Hall–Kier alpha value is -1.56. The van der Waals surface area contributed by atoms with Gasteiger partial charge in [0.15, 0.2) is 0 Å². The van der Waals surface area contributed by atoms with E-state index in [9.17, 15) is 4.79 Å². The lowest BCUT2D eigenvalue weighted by atomic mass is 10.1. The van der Waals surface area contributed by atoms with E-state index in [-0.39, 0.29) is 5.97 Å². The third kappa shape index (κ3) is 5.61. The molecule has 108 valence electrons. The lowest BCUT2D eigenvalue weighted by molar-refractivity contribution is 0.00696. The molecule has 1 atom stereocenters. The Morgan fingerprint density at radius 2 is 1.95 bits per heavy atom. The summed E-state index contributed by atoms with van der Waals surface area (Å²) in [4.78, 5) is 11.9.